The normalized spacial score (nSPS) is 10.3. The van der Waals surface area contributed by atoms with Crippen LogP contribution < -0.4 is 0 Å². The van der Waals surface area contributed by atoms with Gasteiger partial charge in [0.25, 0.3) is 0 Å². The van der Waals surface area contributed by atoms with Crippen LogP contribution in [-0.4, -0.2) is 11.6 Å². The second kappa shape index (κ2) is 5.92. The van der Waals surface area contributed by atoms with Crippen molar-refractivity contribution in [1.82, 2.24) is 0 Å². The molecule has 0 radical (unpaired) electrons. The number of carbonyl (C=O) groups is 2. The van der Waals surface area contributed by atoms with E-state index in [1.165, 1.54) is 6.92 Å². The first-order chi connectivity index (χ1) is 5.61. The van der Waals surface area contributed by atoms with Crippen LogP contribution in [0, 0.1) is 5.92 Å². The molecule has 0 amide bonds. The van der Waals surface area contributed by atoms with Gasteiger partial charge in [0.2, 0.25) is 0 Å². The Kier molecular flexibility index (Phi) is 5.60. The average Bonchev–Trinajstić information content (AvgIpc) is 2.03. The molecule has 0 rings (SSSR count). The van der Waals surface area contributed by atoms with Crippen molar-refractivity contribution in [2.75, 3.05) is 0 Å². The van der Waals surface area contributed by atoms with E-state index < -0.39 is 0 Å². The molecule has 0 aromatic rings. The van der Waals surface area contributed by atoms with Crippen LogP contribution in [0.1, 0.15) is 46.5 Å². The molecule has 0 aliphatic rings. The highest BCUT2D eigenvalue weighted by Crippen LogP contribution is 2.12. The zero-order valence-electron chi connectivity index (χ0n) is 8.22. The molecular formula is C10H18O2. The van der Waals surface area contributed by atoms with Crippen LogP contribution >= 0.6 is 0 Å². The van der Waals surface area contributed by atoms with Gasteiger partial charge in [-0.2, -0.15) is 0 Å². The van der Waals surface area contributed by atoms with E-state index in [0.29, 0.717) is 12.8 Å². The summed E-state index contributed by atoms with van der Waals surface area (Å²) in [6, 6.07) is 0. The van der Waals surface area contributed by atoms with E-state index in [4.69, 9.17) is 0 Å². The first-order valence-electron chi connectivity index (χ1n) is 4.63. The summed E-state index contributed by atoms with van der Waals surface area (Å²) in [4.78, 5) is 22.0. The topological polar surface area (TPSA) is 34.1 Å². The summed E-state index contributed by atoms with van der Waals surface area (Å²) in [5, 5.41) is 0. The van der Waals surface area contributed by atoms with Crippen molar-refractivity contribution in [1.29, 1.82) is 0 Å². The predicted octanol–water partition coefficient (Wildman–Crippen LogP) is 2.36. The van der Waals surface area contributed by atoms with Crippen LogP contribution in [0.4, 0.5) is 0 Å². The molecule has 0 saturated heterocycles. The lowest BCUT2D eigenvalue weighted by Gasteiger charge is -2.09. The van der Waals surface area contributed by atoms with E-state index in [0.717, 1.165) is 12.8 Å². The van der Waals surface area contributed by atoms with Gasteiger partial charge in [0, 0.05) is 18.8 Å². The van der Waals surface area contributed by atoms with Crippen LogP contribution in [0.25, 0.3) is 0 Å². The van der Waals surface area contributed by atoms with Gasteiger partial charge in [-0.25, -0.2) is 0 Å². The molecule has 2 heteroatoms. The Morgan fingerprint density at radius 2 is 1.58 bits per heavy atom. The van der Waals surface area contributed by atoms with Crippen molar-refractivity contribution in [3.05, 3.63) is 0 Å². The maximum absolute atomic E-state index is 11.4. The van der Waals surface area contributed by atoms with E-state index >= 15 is 0 Å². The Hall–Kier alpha value is -0.660. The summed E-state index contributed by atoms with van der Waals surface area (Å²) in [5.74, 6) is 0.522. The fourth-order valence-corrected chi connectivity index (χ4v) is 1.25. The van der Waals surface area contributed by atoms with Gasteiger partial charge in [-0.05, 0) is 19.8 Å². The fourth-order valence-electron chi connectivity index (χ4n) is 1.25. The lowest BCUT2D eigenvalue weighted by Crippen LogP contribution is -2.13. The molecule has 12 heavy (non-hydrogen) atoms. The summed E-state index contributed by atoms with van der Waals surface area (Å²) >= 11 is 0. The van der Waals surface area contributed by atoms with Crippen molar-refractivity contribution >= 4 is 11.6 Å². The van der Waals surface area contributed by atoms with E-state index in [-0.39, 0.29) is 17.5 Å². The third-order valence-corrected chi connectivity index (χ3v) is 2.16. The molecule has 70 valence electrons. The smallest absolute Gasteiger partial charge is 0.136 e. The molecular weight excluding hydrogens is 152 g/mol. The van der Waals surface area contributed by atoms with Gasteiger partial charge in [-0.3, -0.25) is 4.79 Å². The number of Topliss-reactive ketones (excluding diaryl/α,β-unsaturated/α-hetero) is 2. The van der Waals surface area contributed by atoms with Gasteiger partial charge in [0.05, 0.1) is 0 Å². The van der Waals surface area contributed by atoms with Crippen molar-refractivity contribution in [2.24, 2.45) is 5.92 Å². The van der Waals surface area contributed by atoms with Crippen LogP contribution in [0.5, 0.6) is 0 Å². The van der Waals surface area contributed by atoms with Gasteiger partial charge in [-0.1, -0.05) is 13.8 Å². The van der Waals surface area contributed by atoms with Crippen molar-refractivity contribution in [2.45, 2.75) is 46.5 Å². The molecule has 2 nitrogen and oxygen atoms in total. The zero-order chi connectivity index (χ0) is 9.56. The Morgan fingerprint density at radius 3 is 1.92 bits per heavy atom. The lowest BCUT2D eigenvalue weighted by atomic mass is 9.95. The second-order valence-corrected chi connectivity index (χ2v) is 3.18. The highest BCUT2D eigenvalue weighted by Gasteiger charge is 2.13. The lowest BCUT2D eigenvalue weighted by molar-refractivity contribution is -0.126. The minimum absolute atomic E-state index is 0.106. The van der Waals surface area contributed by atoms with Crippen LogP contribution in [0.15, 0.2) is 0 Å². The summed E-state index contributed by atoms with van der Waals surface area (Å²) < 4.78 is 0. The quantitative estimate of drug-likeness (QED) is 0.613. The number of rotatable bonds is 6. The maximum atomic E-state index is 11.4. The average molecular weight is 170 g/mol. The van der Waals surface area contributed by atoms with E-state index in [2.05, 4.69) is 0 Å². The fraction of sp³-hybridized carbons (Fsp3) is 0.800. The Labute approximate surface area is 74.3 Å². The second-order valence-electron chi connectivity index (χ2n) is 3.18. The minimum atomic E-state index is 0.106. The summed E-state index contributed by atoms with van der Waals surface area (Å²) in [6.07, 6.45) is 2.64. The van der Waals surface area contributed by atoms with Gasteiger partial charge < -0.3 is 4.79 Å². The SMILES string of the molecule is CCC(CC)C(=O)CCC(C)=O. The van der Waals surface area contributed by atoms with Crippen molar-refractivity contribution in [3.8, 4) is 0 Å². The molecule has 0 aromatic carbocycles. The highest BCUT2D eigenvalue weighted by atomic mass is 16.1. The van der Waals surface area contributed by atoms with Gasteiger partial charge in [0.15, 0.2) is 0 Å². The van der Waals surface area contributed by atoms with E-state index in [1.807, 2.05) is 13.8 Å². The molecule has 0 aliphatic heterocycles. The Balaban J connectivity index is 3.77. The number of carbonyl (C=O) groups excluding carboxylic acids is 2. The predicted molar refractivity (Wildman–Crippen MR) is 49.0 cm³/mol. The molecule has 0 spiro atoms. The van der Waals surface area contributed by atoms with Crippen molar-refractivity contribution < 1.29 is 9.59 Å². The third kappa shape index (κ3) is 4.27. The molecule has 0 N–H and O–H groups in total. The molecule has 0 atom stereocenters. The summed E-state index contributed by atoms with van der Waals surface area (Å²) in [5.41, 5.74) is 0. The van der Waals surface area contributed by atoms with Gasteiger partial charge in [-0.15, -0.1) is 0 Å². The number of hydrogen-bond donors (Lipinski definition) is 0. The zero-order valence-corrected chi connectivity index (χ0v) is 8.22. The molecule has 0 aliphatic carbocycles. The van der Waals surface area contributed by atoms with Crippen LogP contribution in [-0.2, 0) is 9.59 Å². The largest absolute Gasteiger partial charge is 0.300 e. The number of ketones is 2. The molecule has 0 fully saturated rings. The monoisotopic (exact) mass is 170 g/mol. The summed E-state index contributed by atoms with van der Waals surface area (Å²) in [6.45, 7) is 5.56. The molecule has 0 saturated carbocycles. The van der Waals surface area contributed by atoms with Crippen LogP contribution in [0.2, 0.25) is 0 Å². The van der Waals surface area contributed by atoms with Gasteiger partial charge in [0.1, 0.15) is 11.6 Å². The molecule has 0 aromatic heterocycles. The van der Waals surface area contributed by atoms with E-state index in [9.17, 15) is 9.59 Å². The maximum Gasteiger partial charge on any atom is 0.136 e. The minimum Gasteiger partial charge on any atom is -0.300 e. The third-order valence-electron chi connectivity index (χ3n) is 2.16. The Morgan fingerprint density at radius 1 is 1.08 bits per heavy atom. The molecule has 0 heterocycles. The molecule has 0 bridgehead atoms. The van der Waals surface area contributed by atoms with Gasteiger partial charge >= 0.3 is 0 Å². The van der Waals surface area contributed by atoms with Crippen LogP contribution in [0.3, 0.4) is 0 Å². The highest BCUT2D eigenvalue weighted by molar-refractivity contribution is 5.86. The first-order valence-corrected chi connectivity index (χ1v) is 4.63. The Bertz CT molecular complexity index is 157. The van der Waals surface area contributed by atoms with Crippen molar-refractivity contribution in [3.63, 3.8) is 0 Å². The van der Waals surface area contributed by atoms with E-state index in [1.54, 1.807) is 0 Å². The summed E-state index contributed by atoms with van der Waals surface area (Å²) in [7, 11) is 0. The molecule has 0 unspecified atom stereocenters. The first kappa shape index (κ1) is 11.3. The standard InChI is InChI=1S/C10H18O2/c1-4-9(5-2)10(12)7-6-8(3)11/h9H,4-7H2,1-3H3. The number of hydrogen-bond acceptors (Lipinski definition) is 2.